The Morgan fingerprint density at radius 3 is 1.53 bits per heavy atom. The Kier molecular flexibility index (Phi) is 30.4. The zero-order valence-corrected chi connectivity index (χ0v) is 57.3. The summed E-state index contributed by atoms with van der Waals surface area (Å²) in [4.78, 5) is 121. The number of thioether (sulfide) groups is 1. The van der Waals surface area contributed by atoms with Gasteiger partial charge in [0.1, 0.15) is 47.1 Å². The largest absolute Gasteiger partial charge is 0.368 e. The van der Waals surface area contributed by atoms with Crippen LogP contribution in [0.1, 0.15) is 105 Å². The molecule has 0 fully saturated rings. The molecule has 2 aromatic carbocycles. The third-order valence-corrected chi connectivity index (χ3v) is 15.8. The number of nitrogens with one attached hydrogen (secondary N) is 8. The molecular formula is C62H85N29O3S3. The Hall–Kier alpha value is -9.48. The second-order valence-corrected chi connectivity index (χ2v) is 24.9. The molecule has 35 heteroatoms. The van der Waals surface area contributed by atoms with Crippen LogP contribution >= 0.6 is 36.2 Å². The van der Waals surface area contributed by atoms with Gasteiger partial charge >= 0.3 is 0 Å². The van der Waals surface area contributed by atoms with Crippen LogP contribution in [0.25, 0.3) is 0 Å². The maximum atomic E-state index is 12.9. The zero-order valence-electron chi connectivity index (χ0n) is 54.7. The molecule has 97 heavy (non-hydrogen) atoms. The molecule has 0 saturated carbocycles. The lowest BCUT2D eigenvalue weighted by Crippen LogP contribution is -2.44. The fourth-order valence-corrected chi connectivity index (χ4v) is 10.8. The first-order chi connectivity index (χ1) is 47.2. The predicted octanol–water partition coefficient (Wildman–Crippen LogP) is 4.43. The van der Waals surface area contributed by atoms with Crippen molar-refractivity contribution in [3.63, 3.8) is 0 Å². The van der Waals surface area contributed by atoms with Gasteiger partial charge in [0.15, 0.2) is 16.1 Å². The van der Waals surface area contributed by atoms with Crippen LogP contribution < -0.4 is 59.7 Å². The van der Waals surface area contributed by atoms with Gasteiger partial charge in [-0.2, -0.15) is 77.4 Å². The van der Waals surface area contributed by atoms with E-state index in [1.54, 1.807) is 13.8 Å². The molecule has 6 aromatic heterocycles. The number of rotatable bonds is 44. The third-order valence-electron chi connectivity index (χ3n) is 14.0. The van der Waals surface area contributed by atoms with Crippen molar-refractivity contribution in [3.8, 4) is 0 Å². The van der Waals surface area contributed by atoms with E-state index >= 15 is 0 Å². The number of Topliss-reactive ketones (excluding diaryl/α,β-unsaturated/α-hetero) is 1. The summed E-state index contributed by atoms with van der Waals surface area (Å²) in [6.07, 6.45) is 9.21. The zero-order chi connectivity index (χ0) is 68.4. The average Bonchev–Trinajstić information content (AvgIpc) is 1.03. The van der Waals surface area contributed by atoms with Gasteiger partial charge in [0.2, 0.25) is 59.4 Å². The predicted molar refractivity (Wildman–Crippen MR) is 377 cm³/mol. The number of ketones is 1. The number of carbonyl (C=O) groups is 3. The molecule has 8 aromatic rings. The van der Waals surface area contributed by atoms with Crippen molar-refractivity contribution >= 4 is 101 Å². The second kappa shape index (κ2) is 40.2. The Labute approximate surface area is 577 Å². The number of hydrogen-bond donors (Lipinski definition) is 12. The first-order valence-electron chi connectivity index (χ1n) is 32.4. The molecule has 6 heterocycles. The minimum Gasteiger partial charge on any atom is -0.368 e. The van der Waals surface area contributed by atoms with Gasteiger partial charge in [0, 0.05) is 107 Å². The van der Waals surface area contributed by atoms with Crippen molar-refractivity contribution in [3.05, 3.63) is 113 Å². The molecule has 2 atom stereocenters. The molecule has 0 aliphatic carbocycles. The summed E-state index contributed by atoms with van der Waals surface area (Å²) in [6, 6.07) is 18.6. The van der Waals surface area contributed by atoms with Crippen molar-refractivity contribution in [2.24, 2.45) is 11.7 Å². The number of nitrogens with two attached hydrogens (primary N) is 3. The van der Waals surface area contributed by atoms with Gasteiger partial charge in [0.05, 0.1) is 12.6 Å². The first-order valence-corrected chi connectivity index (χ1v) is 34.8. The lowest BCUT2D eigenvalue weighted by molar-refractivity contribution is -0.129. The van der Waals surface area contributed by atoms with E-state index in [1.165, 1.54) is 29.9 Å². The molecule has 14 N–H and O–H groups in total. The van der Waals surface area contributed by atoms with Crippen LogP contribution in [0, 0.1) is 12.8 Å². The summed E-state index contributed by atoms with van der Waals surface area (Å²) in [5.74, 6) is 7.19. The highest BCUT2D eigenvalue weighted by Crippen LogP contribution is 2.25. The number of benzene rings is 2. The van der Waals surface area contributed by atoms with E-state index in [9.17, 15) is 14.4 Å². The lowest BCUT2D eigenvalue weighted by Gasteiger charge is -2.14. The molecule has 0 saturated heterocycles. The number of hydrogen-bond acceptors (Lipinski definition) is 33. The highest BCUT2D eigenvalue weighted by molar-refractivity contribution is 7.99. The highest BCUT2D eigenvalue weighted by Gasteiger charge is 2.20. The molecule has 0 radical (unpaired) electrons. The second-order valence-electron chi connectivity index (χ2n) is 22.1. The molecule has 8 rings (SSSR count). The van der Waals surface area contributed by atoms with Gasteiger partial charge < -0.3 is 59.7 Å². The summed E-state index contributed by atoms with van der Waals surface area (Å²) in [6.45, 7) is 9.02. The molecule has 0 aliphatic rings. The SMILES string of the molecule is CCSc1nc(CCCNC(=O)C(C)CC(=O)CNC(=O)C(N)Cc2ccccc2)nc(NCCCc2nc(NCCCc3nc(NCCS)nc(NCCCc4ncnc(NCCCc5nc(N)nc(NCCCc6nc(C)nc(N)n6)n5)n4)n3)nc(Sc3ccccc3)n2)n1. The van der Waals surface area contributed by atoms with Crippen LogP contribution in [-0.4, -0.2) is 177 Å². The Morgan fingerprint density at radius 1 is 0.485 bits per heavy atom. The van der Waals surface area contributed by atoms with Crippen LogP contribution in [0.2, 0.25) is 0 Å². The quantitative estimate of drug-likeness (QED) is 0.0143. The molecule has 2 unspecified atom stereocenters. The topological polar surface area (TPSA) is 458 Å². The molecule has 514 valence electrons. The standard InChI is InChI=1S/C62H85N29O3S3/c1-4-96-61-86-49(25-12-27-66-51(93)39(2)35-42(92)37-73-52(94)44(63)36-41-17-7-5-8-18-41)84-59(90-61)70-32-16-26-50-85-60(91-62(87-50)97-43-19-9-6-10-20-43)71-31-15-24-48-82-57(89-58(83-48)72-33-34-95)69-29-11-21-45-74-38-75-55(80-45)67-28-14-23-47-79-54(65)88-56(81-47)68-30-13-22-46-76-40(3)77-53(64)78-46/h5-10,17-20,38-39,44,95H,4,11-16,21-37,63H2,1-3H3,(H,66,93)(H,73,94)(H2,64,76,77,78)(H,67,74,75,80)(H,70,84,86,90)(H,71,85,87,91)(H3,65,68,79,81,88)(H2,69,72,82,83,89). The number of nitrogens with zero attached hydrogens (tertiary/aromatic N) is 18. The van der Waals surface area contributed by atoms with Crippen molar-refractivity contribution in [1.29, 1.82) is 0 Å². The van der Waals surface area contributed by atoms with Gasteiger partial charge in [-0.1, -0.05) is 74.1 Å². The Bertz CT molecular complexity index is 3740. The minimum atomic E-state index is -0.789. The number of amides is 2. The normalized spacial score (nSPS) is 11.7. The minimum absolute atomic E-state index is 0.0176. The fourth-order valence-electron chi connectivity index (χ4n) is 9.35. The van der Waals surface area contributed by atoms with Gasteiger partial charge in [0.25, 0.3) is 0 Å². The fraction of sp³-hybridized carbons (Fsp3) is 0.468. The summed E-state index contributed by atoms with van der Waals surface area (Å²) in [5.41, 5.74) is 18.7. The van der Waals surface area contributed by atoms with Crippen molar-refractivity contribution in [1.82, 2.24) is 100 Å². The van der Waals surface area contributed by atoms with E-state index in [0.717, 1.165) is 22.6 Å². The van der Waals surface area contributed by atoms with Crippen molar-refractivity contribution in [2.45, 2.75) is 132 Å². The molecule has 2 amide bonds. The number of carbonyl (C=O) groups excluding carboxylic acids is 3. The van der Waals surface area contributed by atoms with E-state index < -0.39 is 17.9 Å². The smallest absolute Gasteiger partial charge is 0.237 e. The summed E-state index contributed by atoms with van der Waals surface area (Å²) in [7, 11) is 0. The number of aryl methyl sites for hydroxylation is 7. The highest BCUT2D eigenvalue weighted by atomic mass is 32.2. The molecule has 32 nitrogen and oxygen atoms in total. The van der Waals surface area contributed by atoms with Crippen molar-refractivity contribution < 1.29 is 14.4 Å². The first kappa shape index (κ1) is 73.3. The van der Waals surface area contributed by atoms with Gasteiger partial charge in [-0.25, -0.2) is 24.9 Å². The van der Waals surface area contributed by atoms with Gasteiger partial charge in [-0.3, -0.25) is 14.4 Å². The number of anilines is 8. The molecule has 0 aliphatic heterocycles. The van der Waals surface area contributed by atoms with Crippen LogP contribution in [0.5, 0.6) is 0 Å². The summed E-state index contributed by atoms with van der Waals surface area (Å²) >= 11 is 7.35. The lowest BCUT2D eigenvalue weighted by atomic mass is 10.0. The van der Waals surface area contributed by atoms with Crippen molar-refractivity contribution in [2.75, 3.05) is 107 Å². The maximum Gasteiger partial charge on any atom is 0.237 e. The van der Waals surface area contributed by atoms with E-state index in [-0.39, 0.29) is 36.6 Å². The van der Waals surface area contributed by atoms with Gasteiger partial charge in [-0.05, 0) is 87.1 Å². The van der Waals surface area contributed by atoms with Crippen LogP contribution in [0.4, 0.5) is 47.6 Å². The maximum absolute atomic E-state index is 12.9. The summed E-state index contributed by atoms with van der Waals surface area (Å²) in [5, 5.41) is 26.5. The number of aromatic nitrogens is 18. The van der Waals surface area contributed by atoms with E-state index in [1.807, 2.05) is 67.6 Å². The molecule has 0 bridgehead atoms. The van der Waals surface area contributed by atoms with Crippen LogP contribution in [0.3, 0.4) is 0 Å². The van der Waals surface area contributed by atoms with Crippen LogP contribution in [-0.2, 0) is 59.3 Å². The Balaban J connectivity index is 0.753. The summed E-state index contributed by atoms with van der Waals surface area (Å²) < 4.78 is 0. The van der Waals surface area contributed by atoms with Crippen LogP contribution in [0.15, 0.2) is 82.2 Å². The van der Waals surface area contributed by atoms with Gasteiger partial charge in [-0.15, -0.1) is 0 Å². The van der Waals surface area contributed by atoms with E-state index in [0.29, 0.717) is 215 Å². The monoisotopic (exact) mass is 1380 g/mol. The van der Waals surface area contributed by atoms with E-state index in [2.05, 4.69) is 115 Å². The molecule has 0 spiro atoms. The van der Waals surface area contributed by atoms with E-state index in [4.69, 9.17) is 47.1 Å². The number of thiol groups is 1. The number of nitrogen functional groups attached to an aromatic ring is 2. The third kappa shape index (κ3) is 27.3. The average molecular weight is 1380 g/mol. The molecular weight excluding hydrogens is 1300 g/mol. The Morgan fingerprint density at radius 2 is 0.948 bits per heavy atom.